The van der Waals surface area contributed by atoms with E-state index in [0.717, 1.165) is 22.2 Å². The molecule has 2 N–H and O–H groups in total. The van der Waals surface area contributed by atoms with E-state index in [-0.39, 0.29) is 12.1 Å². The Morgan fingerprint density at radius 1 is 1.12 bits per heavy atom. The molecule has 0 radical (unpaired) electrons. The Hall–Kier alpha value is -3.08. The molecule has 1 aromatic heterocycles. The van der Waals surface area contributed by atoms with Crippen molar-refractivity contribution < 1.29 is 9.53 Å². The number of aromatic nitrogens is 1. The van der Waals surface area contributed by atoms with Crippen LogP contribution in [-0.2, 0) is 0 Å². The van der Waals surface area contributed by atoms with E-state index in [1.807, 2.05) is 67.6 Å². The van der Waals surface area contributed by atoms with Crippen LogP contribution in [0.25, 0.3) is 10.9 Å². The summed E-state index contributed by atoms with van der Waals surface area (Å²) in [4.78, 5) is 16.2. The summed E-state index contributed by atoms with van der Waals surface area (Å²) in [7, 11) is 0. The van der Waals surface area contributed by atoms with Gasteiger partial charge in [0.2, 0.25) is 0 Å². The molecule has 0 aliphatic carbocycles. The number of benzene rings is 2. The summed E-state index contributed by atoms with van der Waals surface area (Å²) >= 11 is 0. The molecule has 0 saturated heterocycles. The highest BCUT2D eigenvalue weighted by molar-refractivity contribution is 5.79. The summed E-state index contributed by atoms with van der Waals surface area (Å²) in [6.45, 7) is 2.78. The van der Waals surface area contributed by atoms with Crippen LogP contribution >= 0.6 is 0 Å². The lowest BCUT2D eigenvalue weighted by Gasteiger charge is -2.15. The third-order valence-corrected chi connectivity index (χ3v) is 3.88. The Morgan fingerprint density at radius 2 is 1.96 bits per heavy atom. The average molecular weight is 335 g/mol. The molecule has 0 spiro atoms. The molecule has 0 aliphatic heterocycles. The van der Waals surface area contributed by atoms with Gasteiger partial charge in [-0.25, -0.2) is 4.79 Å². The van der Waals surface area contributed by atoms with Gasteiger partial charge >= 0.3 is 6.03 Å². The molecule has 2 amide bonds. The van der Waals surface area contributed by atoms with Crippen molar-refractivity contribution in [2.45, 2.75) is 13.0 Å². The van der Waals surface area contributed by atoms with Crippen molar-refractivity contribution in [2.24, 2.45) is 0 Å². The fourth-order valence-electron chi connectivity index (χ4n) is 2.55. The zero-order chi connectivity index (χ0) is 17.5. The van der Waals surface area contributed by atoms with Crippen LogP contribution in [0.5, 0.6) is 5.75 Å². The standard InChI is InChI=1S/C20H21N3O2/c1-15(16-6-3-2-4-7-16)23-20(24)22-12-13-25-18-9-10-19-17(14-18)8-5-11-21-19/h2-11,14-15H,12-13H2,1H3,(H2,22,23,24). The Balaban J connectivity index is 1.42. The molecule has 1 atom stereocenters. The number of fused-ring (bicyclic) bond motifs is 1. The molecule has 0 aliphatic rings. The summed E-state index contributed by atoms with van der Waals surface area (Å²) in [5, 5.41) is 6.74. The van der Waals surface area contributed by atoms with Crippen LogP contribution in [0.3, 0.4) is 0 Å². The highest BCUT2D eigenvalue weighted by Gasteiger charge is 2.08. The number of hydrogen-bond donors (Lipinski definition) is 2. The van der Waals surface area contributed by atoms with Gasteiger partial charge in [-0.3, -0.25) is 4.98 Å². The van der Waals surface area contributed by atoms with E-state index in [4.69, 9.17) is 4.74 Å². The summed E-state index contributed by atoms with van der Waals surface area (Å²) < 4.78 is 5.68. The summed E-state index contributed by atoms with van der Waals surface area (Å²) in [6, 6.07) is 19.2. The predicted molar refractivity (Wildman–Crippen MR) is 98.6 cm³/mol. The summed E-state index contributed by atoms with van der Waals surface area (Å²) in [5.41, 5.74) is 2.00. The monoisotopic (exact) mass is 335 g/mol. The van der Waals surface area contributed by atoms with Crippen molar-refractivity contribution in [2.75, 3.05) is 13.2 Å². The summed E-state index contributed by atoms with van der Waals surface area (Å²) in [5.74, 6) is 0.764. The van der Waals surface area contributed by atoms with Crippen molar-refractivity contribution in [1.29, 1.82) is 0 Å². The van der Waals surface area contributed by atoms with Crippen molar-refractivity contribution in [1.82, 2.24) is 15.6 Å². The molecule has 25 heavy (non-hydrogen) atoms. The molecule has 0 bridgehead atoms. The Morgan fingerprint density at radius 3 is 2.80 bits per heavy atom. The number of nitrogens with one attached hydrogen (secondary N) is 2. The molecule has 128 valence electrons. The average Bonchev–Trinajstić information content (AvgIpc) is 2.66. The number of nitrogens with zero attached hydrogens (tertiary/aromatic N) is 1. The topological polar surface area (TPSA) is 63.2 Å². The van der Waals surface area contributed by atoms with E-state index in [0.29, 0.717) is 13.2 Å². The maximum atomic E-state index is 11.9. The van der Waals surface area contributed by atoms with E-state index in [1.165, 1.54) is 0 Å². The van der Waals surface area contributed by atoms with Crippen LogP contribution in [0.2, 0.25) is 0 Å². The minimum atomic E-state index is -0.206. The Labute approximate surface area is 147 Å². The van der Waals surface area contributed by atoms with Crippen molar-refractivity contribution >= 4 is 16.9 Å². The van der Waals surface area contributed by atoms with Gasteiger partial charge in [-0.15, -0.1) is 0 Å². The third-order valence-electron chi connectivity index (χ3n) is 3.88. The number of amides is 2. The molecule has 3 rings (SSSR count). The number of hydrogen-bond acceptors (Lipinski definition) is 3. The largest absolute Gasteiger partial charge is 0.492 e. The van der Waals surface area contributed by atoms with Crippen LogP contribution in [-0.4, -0.2) is 24.2 Å². The molecule has 0 saturated carbocycles. The molecule has 5 heteroatoms. The second kappa shape index (κ2) is 8.15. The van der Waals surface area contributed by atoms with Gasteiger partial charge < -0.3 is 15.4 Å². The molecule has 1 unspecified atom stereocenters. The van der Waals surface area contributed by atoms with Crippen molar-refractivity contribution in [3.05, 3.63) is 72.4 Å². The van der Waals surface area contributed by atoms with E-state index in [9.17, 15) is 4.79 Å². The minimum absolute atomic E-state index is 0.0462. The third kappa shape index (κ3) is 4.70. The quantitative estimate of drug-likeness (QED) is 0.676. The fraction of sp³-hybridized carbons (Fsp3) is 0.200. The smallest absolute Gasteiger partial charge is 0.315 e. The Bertz CT molecular complexity index is 836. The van der Waals surface area contributed by atoms with Gasteiger partial charge in [-0.1, -0.05) is 36.4 Å². The van der Waals surface area contributed by atoms with Gasteiger partial charge in [-0.05, 0) is 36.8 Å². The first kappa shape index (κ1) is 16.8. The minimum Gasteiger partial charge on any atom is -0.492 e. The van der Waals surface area contributed by atoms with Crippen LogP contribution in [0.4, 0.5) is 4.79 Å². The molecular formula is C20H21N3O2. The van der Waals surface area contributed by atoms with Gasteiger partial charge in [-0.2, -0.15) is 0 Å². The second-order valence-corrected chi connectivity index (χ2v) is 5.74. The molecule has 1 heterocycles. The van der Waals surface area contributed by atoms with E-state index in [2.05, 4.69) is 15.6 Å². The van der Waals surface area contributed by atoms with Gasteiger partial charge in [0.05, 0.1) is 18.1 Å². The van der Waals surface area contributed by atoms with Crippen LogP contribution in [0.15, 0.2) is 66.9 Å². The lowest BCUT2D eigenvalue weighted by molar-refractivity contribution is 0.233. The molecular weight excluding hydrogens is 314 g/mol. The first-order chi connectivity index (χ1) is 12.2. The predicted octanol–water partition coefficient (Wildman–Crippen LogP) is 3.67. The number of rotatable bonds is 6. The van der Waals surface area contributed by atoms with E-state index in [1.54, 1.807) is 6.20 Å². The van der Waals surface area contributed by atoms with Gasteiger partial charge in [0.15, 0.2) is 0 Å². The van der Waals surface area contributed by atoms with Gasteiger partial charge in [0, 0.05) is 11.6 Å². The first-order valence-electron chi connectivity index (χ1n) is 8.29. The number of pyridine rings is 1. The number of ether oxygens (including phenoxy) is 1. The fourth-order valence-corrected chi connectivity index (χ4v) is 2.55. The van der Waals surface area contributed by atoms with E-state index < -0.39 is 0 Å². The second-order valence-electron chi connectivity index (χ2n) is 5.74. The number of carbonyl (C=O) groups is 1. The lowest BCUT2D eigenvalue weighted by atomic mass is 10.1. The van der Waals surface area contributed by atoms with Gasteiger partial charge in [0.1, 0.15) is 12.4 Å². The van der Waals surface area contributed by atoms with Crippen molar-refractivity contribution in [3.63, 3.8) is 0 Å². The first-order valence-corrected chi connectivity index (χ1v) is 8.29. The maximum Gasteiger partial charge on any atom is 0.315 e. The highest BCUT2D eigenvalue weighted by atomic mass is 16.5. The normalized spacial score (nSPS) is 11.7. The Kier molecular flexibility index (Phi) is 5.46. The van der Waals surface area contributed by atoms with Gasteiger partial charge in [0.25, 0.3) is 0 Å². The zero-order valence-electron chi connectivity index (χ0n) is 14.1. The lowest BCUT2D eigenvalue weighted by Crippen LogP contribution is -2.38. The van der Waals surface area contributed by atoms with Crippen LogP contribution in [0, 0.1) is 0 Å². The molecule has 2 aromatic carbocycles. The SMILES string of the molecule is CC(NC(=O)NCCOc1ccc2ncccc2c1)c1ccccc1. The number of urea groups is 1. The number of carbonyl (C=O) groups excluding carboxylic acids is 1. The molecule has 3 aromatic rings. The molecule has 0 fully saturated rings. The van der Waals surface area contributed by atoms with Crippen LogP contribution in [0.1, 0.15) is 18.5 Å². The van der Waals surface area contributed by atoms with E-state index >= 15 is 0 Å². The highest BCUT2D eigenvalue weighted by Crippen LogP contribution is 2.18. The zero-order valence-corrected chi connectivity index (χ0v) is 14.1. The van der Waals surface area contributed by atoms with Crippen LogP contribution < -0.4 is 15.4 Å². The maximum absolute atomic E-state index is 11.9. The molecule has 5 nitrogen and oxygen atoms in total. The van der Waals surface area contributed by atoms with Crippen molar-refractivity contribution in [3.8, 4) is 5.75 Å². The summed E-state index contributed by atoms with van der Waals surface area (Å²) in [6.07, 6.45) is 1.77.